The van der Waals surface area contributed by atoms with E-state index >= 15 is 0 Å². The third-order valence-electron chi connectivity index (χ3n) is 5.46. The molecule has 2 amide bonds. The van der Waals surface area contributed by atoms with Crippen molar-refractivity contribution in [3.05, 3.63) is 64.3 Å². The summed E-state index contributed by atoms with van der Waals surface area (Å²) >= 11 is 12.6. The van der Waals surface area contributed by atoms with Crippen molar-refractivity contribution in [1.82, 2.24) is 14.8 Å². The van der Waals surface area contributed by atoms with Crippen molar-refractivity contribution in [1.29, 1.82) is 0 Å². The topological polar surface area (TPSA) is 69.1 Å². The highest BCUT2D eigenvalue weighted by Gasteiger charge is 2.31. The molecule has 0 spiro atoms. The van der Waals surface area contributed by atoms with E-state index in [0.717, 1.165) is 5.56 Å². The Bertz CT molecular complexity index is 1070. The molecule has 1 aromatic heterocycles. The summed E-state index contributed by atoms with van der Waals surface area (Å²) in [5.74, 6) is 0.848. The molecule has 32 heavy (non-hydrogen) atoms. The van der Waals surface area contributed by atoms with Gasteiger partial charge in [0, 0.05) is 32.7 Å². The summed E-state index contributed by atoms with van der Waals surface area (Å²) in [7, 11) is 1.68. The van der Waals surface area contributed by atoms with Gasteiger partial charge in [-0.25, -0.2) is 4.98 Å². The number of para-hydroxylation sites is 1. The molecule has 0 saturated carbocycles. The van der Waals surface area contributed by atoms with Crippen molar-refractivity contribution >= 4 is 52.9 Å². The molecule has 1 unspecified atom stereocenters. The Hall–Kier alpha value is -2.90. The van der Waals surface area contributed by atoms with Crippen molar-refractivity contribution in [2.45, 2.75) is 19.9 Å². The highest BCUT2D eigenvalue weighted by Crippen LogP contribution is 2.34. The van der Waals surface area contributed by atoms with Gasteiger partial charge < -0.3 is 9.80 Å². The van der Waals surface area contributed by atoms with Crippen molar-refractivity contribution in [3.8, 4) is 0 Å². The number of aliphatic imine (C=N–C) groups is 1. The first-order valence-electron chi connectivity index (χ1n) is 10.1. The average Bonchev–Trinajstić information content (AvgIpc) is 2.79. The Kier molecular flexibility index (Phi) is 7.53. The van der Waals surface area contributed by atoms with E-state index in [9.17, 15) is 9.59 Å². The Balaban J connectivity index is 2.08. The second kappa shape index (κ2) is 10.1. The van der Waals surface area contributed by atoms with Crippen LogP contribution in [0.4, 0.5) is 11.5 Å². The lowest BCUT2D eigenvalue weighted by atomic mass is 10.1. The van der Waals surface area contributed by atoms with Crippen LogP contribution in [0.1, 0.15) is 18.1 Å². The fourth-order valence-corrected chi connectivity index (χ4v) is 4.15. The second-order valence-electron chi connectivity index (χ2n) is 7.47. The van der Waals surface area contributed by atoms with Crippen LogP contribution in [0.15, 0.2) is 48.0 Å². The maximum atomic E-state index is 12.2. The van der Waals surface area contributed by atoms with Crippen LogP contribution in [0.3, 0.4) is 0 Å². The average molecular weight is 474 g/mol. The molecule has 1 aliphatic rings. The van der Waals surface area contributed by atoms with Gasteiger partial charge in [0.25, 0.3) is 0 Å². The van der Waals surface area contributed by atoms with Gasteiger partial charge in [0.05, 0.1) is 16.3 Å². The number of amidine groups is 1. The van der Waals surface area contributed by atoms with E-state index in [0.29, 0.717) is 48.9 Å². The molecule has 1 aliphatic heterocycles. The standard InChI is InChI=1S/C23H25Cl2N5O2/c1-5-20(32)28-10-11-29(16(3)13-28)22(26-4)17-12-18(24)21(25)27-23(17)30(14-31)19-9-7-6-8-15(19)2/h5-9,12,14,16H,1,10-11,13H2,2-4H3. The van der Waals surface area contributed by atoms with Crippen LogP contribution in [0.5, 0.6) is 0 Å². The van der Waals surface area contributed by atoms with Crippen molar-refractivity contribution in [2.75, 3.05) is 31.6 Å². The maximum absolute atomic E-state index is 12.2. The summed E-state index contributed by atoms with van der Waals surface area (Å²) in [4.78, 5) is 38.5. The molecule has 1 fully saturated rings. The van der Waals surface area contributed by atoms with Gasteiger partial charge in [0.15, 0.2) is 5.82 Å². The number of carbonyl (C=O) groups excluding carboxylic acids is 2. The van der Waals surface area contributed by atoms with E-state index in [1.54, 1.807) is 18.0 Å². The zero-order valence-corrected chi connectivity index (χ0v) is 19.8. The Morgan fingerprint density at radius 2 is 2.03 bits per heavy atom. The number of halogens is 2. The normalized spacial score (nSPS) is 16.7. The Morgan fingerprint density at radius 3 is 2.62 bits per heavy atom. The van der Waals surface area contributed by atoms with Gasteiger partial charge in [0.1, 0.15) is 11.0 Å². The molecule has 0 aliphatic carbocycles. The number of piperazine rings is 1. The van der Waals surface area contributed by atoms with Gasteiger partial charge in [-0.3, -0.25) is 19.5 Å². The lowest BCUT2D eigenvalue weighted by Crippen LogP contribution is -2.55. The summed E-state index contributed by atoms with van der Waals surface area (Å²) in [6.07, 6.45) is 2.03. The molecule has 2 aromatic rings. The number of hydrogen-bond donors (Lipinski definition) is 0. The number of rotatable bonds is 5. The van der Waals surface area contributed by atoms with Crippen LogP contribution in [0.25, 0.3) is 0 Å². The zero-order valence-electron chi connectivity index (χ0n) is 18.3. The van der Waals surface area contributed by atoms with Gasteiger partial charge in [-0.15, -0.1) is 0 Å². The molecular formula is C23H25Cl2N5O2. The van der Waals surface area contributed by atoms with Crippen molar-refractivity contribution in [3.63, 3.8) is 0 Å². The quantitative estimate of drug-likeness (QED) is 0.215. The van der Waals surface area contributed by atoms with E-state index in [1.165, 1.54) is 11.0 Å². The lowest BCUT2D eigenvalue weighted by molar-refractivity contribution is -0.128. The molecule has 1 aromatic carbocycles. The minimum Gasteiger partial charge on any atom is -0.350 e. The predicted octanol–water partition coefficient (Wildman–Crippen LogP) is 4.09. The number of anilines is 2. The number of amides is 2. The zero-order chi connectivity index (χ0) is 23.4. The molecule has 1 atom stereocenters. The van der Waals surface area contributed by atoms with E-state index in [1.807, 2.05) is 38.1 Å². The third-order valence-corrected chi connectivity index (χ3v) is 6.13. The highest BCUT2D eigenvalue weighted by atomic mass is 35.5. The first kappa shape index (κ1) is 23.8. The molecular weight excluding hydrogens is 449 g/mol. The predicted molar refractivity (Wildman–Crippen MR) is 129 cm³/mol. The number of aryl methyl sites for hydroxylation is 1. The first-order valence-corrected chi connectivity index (χ1v) is 10.9. The third kappa shape index (κ3) is 4.64. The summed E-state index contributed by atoms with van der Waals surface area (Å²) in [5, 5.41) is 0.353. The number of nitrogens with zero attached hydrogens (tertiary/aromatic N) is 5. The van der Waals surface area contributed by atoms with Crippen LogP contribution >= 0.6 is 23.2 Å². The first-order chi connectivity index (χ1) is 15.3. The molecule has 3 rings (SSSR count). The monoisotopic (exact) mass is 473 g/mol. The SMILES string of the molecule is C=CC(=O)N1CCN(C(=NC)c2cc(Cl)c(Cl)nc2N(C=O)c2ccccc2C)C(C)C1. The van der Waals surface area contributed by atoms with Crippen molar-refractivity contribution < 1.29 is 9.59 Å². The molecule has 9 heteroatoms. The minimum absolute atomic E-state index is 0.0307. The molecule has 168 valence electrons. The van der Waals surface area contributed by atoms with Gasteiger partial charge in [-0.05, 0) is 37.6 Å². The smallest absolute Gasteiger partial charge is 0.246 e. The highest BCUT2D eigenvalue weighted by molar-refractivity contribution is 6.41. The fraction of sp³-hybridized carbons (Fsp3) is 0.304. The van der Waals surface area contributed by atoms with Crippen LogP contribution in [-0.2, 0) is 9.59 Å². The van der Waals surface area contributed by atoms with Gasteiger partial charge >= 0.3 is 0 Å². The fourth-order valence-electron chi connectivity index (χ4n) is 3.87. The number of aromatic nitrogens is 1. The Morgan fingerprint density at radius 1 is 1.31 bits per heavy atom. The van der Waals surface area contributed by atoms with Crippen molar-refractivity contribution in [2.24, 2.45) is 4.99 Å². The van der Waals surface area contributed by atoms with Crippen LogP contribution in [-0.4, -0.2) is 65.7 Å². The summed E-state index contributed by atoms with van der Waals surface area (Å²) in [5.41, 5.74) is 2.16. The number of hydrogen-bond acceptors (Lipinski definition) is 4. The van der Waals surface area contributed by atoms with E-state index in [-0.39, 0.29) is 22.1 Å². The van der Waals surface area contributed by atoms with E-state index in [4.69, 9.17) is 23.2 Å². The molecule has 0 N–H and O–H groups in total. The lowest BCUT2D eigenvalue weighted by Gasteiger charge is -2.41. The Labute approximate surface area is 197 Å². The van der Waals surface area contributed by atoms with Crippen LogP contribution in [0, 0.1) is 6.92 Å². The van der Waals surface area contributed by atoms with Gasteiger partial charge in [0.2, 0.25) is 12.3 Å². The molecule has 7 nitrogen and oxygen atoms in total. The second-order valence-corrected chi connectivity index (χ2v) is 8.24. The molecule has 0 bridgehead atoms. The molecule has 0 radical (unpaired) electrons. The van der Waals surface area contributed by atoms with Crippen LogP contribution < -0.4 is 4.90 Å². The maximum Gasteiger partial charge on any atom is 0.246 e. The van der Waals surface area contributed by atoms with E-state index < -0.39 is 0 Å². The number of pyridine rings is 1. The van der Waals surface area contributed by atoms with Crippen LogP contribution in [0.2, 0.25) is 10.2 Å². The number of benzene rings is 1. The minimum atomic E-state index is -0.102. The summed E-state index contributed by atoms with van der Waals surface area (Å²) < 4.78 is 0. The van der Waals surface area contributed by atoms with Gasteiger partial charge in [-0.2, -0.15) is 0 Å². The number of carbonyl (C=O) groups is 2. The summed E-state index contributed by atoms with van der Waals surface area (Å²) in [6, 6.07) is 9.14. The molecule has 1 saturated heterocycles. The molecule has 2 heterocycles. The largest absolute Gasteiger partial charge is 0.350 e. The van der Waals surface area contributed by atoms with E-state index in [2.05, 4.69) is 21.5 Å². The van der Waals surface area contributed by atoms with Gasteiger partial charge in [-0.1, -0.05) is 48.0 Å². The summed E-state index contributed by atoms with van der Waals surface area (Å²) in [6.45, 7) is 9.09.